The van der Waals surface area contributed by atoms with E-state index in [9.17, 15) is 9.59 Å². The van der Waals surface area contributed by atoms with Gasteiger partial charge in [-0.1, -0.05) is 35.5 Å². The predicted molar refractivity (Wildman–Crippen MR) is 96.2 cm³/mol. The Morgan fingerprint density at radius 1 is 0.962 bits per heavy atom. The van der Waals surface area contributed by atoms with Crippen LogP contribution in [0.1, 0.15) is 31.8 Å². The highest BCUT2D eigenvalue weighted by Crippen LogP contribution is 2.36. The Kier molecular flexibility index (Phi) is 5.12. The molecule has 132 valence electrons. The van der Waals surface area contributed by atoms with Crippen molar-refractivity contribution in [3.8, 4) is 11.5 Å². The minimum atomic E-state index is -0.324. The minimum Gasteiger partial charge on any atom is -0.496 e. The van der Waals surface area contributed by atoms with Gasteiger partial charge in [0.15, 0.2) is 11.6 Å². The quantitative estimate of drug-likeness (QED) is 0.590. The lowest BCUT2D eigenvalue weighted by Crippen LogP contribution is -2.16. The Balaban J connectivity index is 1.92. The summed E-state index contributed by atoms with van der Waals surface area (Å²) in [5.41, 5.74) is 1.82. The predicted octanol–water partition coefficient (Wildman–Crippen LogP) is 3.19. The smallest absolute Gasteiger partial charge is 0.190 e. The van der Waals surface area contributed by atoms with Gasteiger partial charge in [0, 0.05) is 5.56 Å². The van der Waals surface area contributed by atoms with Crippen LogP contribution in [0, 0.1) is 0 Å². The van der Waals surface area contributed by atoms with Crippen molar-refractivity contribution in [3.05, 3.63) is 70.8 Å². The molecule has 0 bridgehead atoms. The topological polar surface area (TPSA) is 74.2 Å². The van der Waals surface area contributed by atoms with Crippen molar-refractivity contribution in [3.63, 3.8) is 0 Å². The van der Waals surface area contributed by atoms with E-state index in [-0.39, 0.29) is 34.2 Å². The van der Waals surface area contributed by atoms with Crippen LogP contribution in [0.15, 0.2) is 53.7 Å². The summed E-state index contributed by atoms with van der Waals surface area (Å²) >= 11 is 0. The number of carbonyl (C=O) groups excluding carboxylic acids is 2. The van der Waals surface area contributed by atoms with Crippen LogP contribution in [-0.2, 0) is 11.4 Å². The number of benzene rings is 2. The van der Waals surface area contributed by atoms with Crippen LogP contribution in [0.25, 0.3) is 0 Å². The van der Waals surface area contributed by atoms with E-state index in [0.29, 0.717) is 12.2 Å². The SMILES string of the molecule is COc1cc(/C=N/OCc2ccccc2)c(OC)c2c1C(=O)C=CC2=O. The fraction of sp³-hybridized carbons (Fsp3) is 0.150. The monoisotopic (exact) mass is 351 g/mol. The summed E-state index contributed by atoms with van der Waals surface area (Å²) < 4.78 is 10.7. The Labute approximate surface area is 150 Å². The van der Waals surface area contributed by atoms with Crippen LogP contribution >= 0.6 is 0 Å². The number of hydrogen-bond donors (Lipinski definition) is 0. The van der Waals surface area contributed by atoms with Gasteiger partial charge < -0.3 is 14.3 Å². The highest BCUT2D eigenvalue weighted by molar-refractivity contribution is 6.25. The van der Waals surface area contributed by atoms with E-state index < -0.39 is 0 Å². The third-order valence-corrected chi connectivity index (χ3v) is 3.92. The molecule has 0 unspecified atom stereocenters. The molecule has 2 aromatic rings. The van der Waals surface area contributed by atoms with Crippen molar-refractivity contribution >= 4 is 17.8 Å². The molecule has 1 aliphatic carbocycles. The first kappa shape index (κ1) is 17.4. The van der Waals surface area contributed by atoms with Gasteiger partial charge in [0.05, 0.1) is 31.6 Å². The van der Waals surface area contributed by atoms with Crippen molar-refractivity contribution in [1.82, 2.24) is 0 Å². The first-order valence-corrected chi connectivity index (χ1v) is 7.90. The second kappa shape index (κ2) is 7.65. The molecule has 0 fully saturated rings. The molecule has 2 aromatic carbocycles. The molecule has 6 heteroatoms. The first-order valence-electron chi connectivity index (χ1n) is 7.90. The molecule has 1 aliphatic rings. The molecule has 26 heavy (non-hydrogen) atoms. The lowest BCUT2D eigenvalue weighted by atomic mass is 9.91. The van der Waals surface area contributed by atoms with E-state index in [1.54, 1.807) is 6.07 Å². The fourth-order valence-corrected chi connectivity index (χ4v) is 2.71. The summed E-state index contributed by atoms with van der Waals surface area (Å²) in [5.74, 6) is -0.0858. The molecule has 6 nitrogen and oxygen atoms in total. The molecule has 0 N–H and O–H groups in total. The van der Waals surface area contributed by atoms with Crippen molar-refractivity contribution in [1.29, 1.82) is 0 Å². The summed E-state index contributed by atoms with van der Waals surface area (Å²) in [5, 5.41) is 3.94. The van der Waals surface area contributed by atoms with Crippen molar-refractivity contribution in [2.24, 2.45) is 5.16 Å². The van der Waals surface area contributed by atoms with Crippen molar-refractivity contribution < 1.29 is 23.9 Å². The van der Waals surface area contributed by atoms with Gasteiger partial charge in [-0.3, -0.25) is 9.59 Å². The Morgan fingerprint density at radius 2 is 1.65 bits per heavy atom. The standard InChI is InChI=1S/C20H17NO5/c1-24-17-10-14(11-21-26-12-13-6-4-3-5-7-13)20(25-2)19-16(23)9-8-15(22)18(17)19/h3-11H,12H2,1-2H3/b21-11+. The maximum Gasteiger partial charge on any atom is 0.190 e. The number of rotatable bonds is 6. The second-order valence-electron chi connectivity index (χ2n) is 5.51. The number of carbonyl (C=O) groups is 2. The minimum absolute atomic E-state index is 0.170. The zero-order valence-electron chi connectivity index (χ0n) is 14.4. The molecule has 0 spiro atoms. The first-order chi connectivity index (χ1) is 12.7. The summed E-state index contributed by atoms with van der Waals surface area (Å²) in [6, 6.07) is 11.2. The van der Waals surface area contributed by atoms with Gasteiger partial charge in [-0.2, -0.15) is 0 Å². The zero-order chi connectivity index (χ0) is 18.5. The largest absolute Gasteiger partial charge is 0.496 e. The van der Waals surface area contributed by atoms with Crippen LogP contribution in [0.2, 0.25) is 0 Å². The van der Waals surface area contributed by atoms with Crippen LogP contribution < -0.4 is 9.47 Å². The average Bonchev–Trinajstić information content (AvgIpc) is 2.68. The number of ether oxygens (including phenoxy) is 2. The second-order valence-corrected chi connectivity index (χ2v) is 5.51. The maximum atomic E-state index is 12.3. The molecular formula is C20H17NO5. The maximum absolute atomic E-state index is 12.3. The molecule has 0 amide bonds. The van der Waals surface area contributed by atoms with Gasteiger partial charge in [-0.05, 0) is 23.8 Å². The lowest BCUT2D eigenvalue weighted by molar-refractivity contribution is 0.0989. The van der Waals surface area contributed by atoms with Crippen LogP contribution in [0.3, 0.4) is 0 Å². The molecule has 0 heterocycles. The van der Waals surface area contributed by atoms with Crippen LogP contribution in [0.4, 0.5) is 0 Å². The number of oxime groups is 1. The number of fused-ring (bicyclic) bond motifs is 1. The summed E-state index contributed by atoms with van der Waals surface area (Å²) in [6.07, 6.45) is 3.88. The Hall–Kier alpha value is -3.41. The van der Waals surface area contributed by atoms with Gasteiger partial charge in [-0.25, -0.2) is 0 Å². The Morgan fingerprint density at radius 3 is 2.31 bits per heavy atom. The van der Waals surface area contributed by atoms with Gasteiger partial charge in [0.25, 0.3) is 0 Å². The van der Waals surface area contributed by atoms with Gasteiger partial charge >= 0.3 is 0 Å². The molecule has 0 radical (unpaired) electrons. The molecule has 0 saturated heterocycles. The highest BCUT2D eigenvalue weighted by Gasteiger charge is 2.29. The number of ketones is 2. The van der Waals surface area contributed by atoms with Crippen molar-refractivity contribution in [2.45, 2.75) is 6.61 Å². The number of methoxy groups -OCH3 is 2. The highest BCUT2D eigenvalue weighted by atomic mass is 16.6. The average molecular weight is 351 g/mol. The van der Waals surface area contributed by atoms with E-state index in [2.05, 4.69) is 5.16 Å². The zero-order valence-corrected chi connectivity index (χ0v) is 14.4. The number of allylic oxidation sites excluding steroid dienone is 2. The van der Waals surface area contributed by atoms with Crippen LogP contribution in [0.5, 0.6) is 11.5 Å². The summed E-state index contributed by atoms with van der Waals surface area (Å²) in [4.78, 5) is 29.8. The molecule has 0 atom stereocenters. The third kappa shape index (κ3) is 3.35. The van der Waals surface area contributed by atoms with E-state index >= 15 is 0 Å². The number of nitrogens with zero attached hydrogens (tertiary/aromatic N) is 1. The Bertz CT molecular complexity index is 900. The van der Waals surface area contributed by atoms with Gasteiger partial charge in [-0.15, -0.1) is 0 Å². The molecule has 0 aliphatic heterocycles. The summed E-state index contributed by atoms with van der Waals surface area (Å²) in [6.45, 7) is 0.307. The van der Waals surface area contributed by atoms with E-state index in [1.807, 2.05) is 30.3 Å². The van der Waals surface area contributed by atoms with E-state index in [0.717, 1.165) is 5.56 Å². The van der Waals surface area contributed by atoms with E-state index in [1.165, 1.54) is 32.6 Å². The molecular weight excluding hydrogens is 334 g/mol. The number of hydrogen-bond acceptors (Lipinski definition) is 6. The van der Waals surface area contributed by atoms with Gasteiger partial charge in [0.2, 0.25) is 0 Å². The lowest BCUT2D eigenvalue weighted by Gasteiger charge is -2.18. The van der Waals surface area contributed by atoms with Crippen molar-refractivity contribution in [2.75, 3.05) is 14.2 Å². The normalized spacial score (nSPS) is 13.0. The third-order valence-electron chi connectivity index (χ3n) is 3.92. The van der Waals surface area contributed by atoms with Crippen LogP contribution in [-0.4, -0.2) is 32.0 Å². The van der Waals surface area contributed by atoms with E-state index in [4.69, 9.17) is 14.3 Å². The molecule has 3 rings (SSSR count). The molecule has 0 aromatic heterocycles. The van der Waals surface area contributed by atoms with Gasteiger partial charge in [0.1, 0.15) is 18.1 Å². The molecule has 0 saturated carbocycles. The fourth-order valence-electron chi connectivity index (χ4n) is 2.71. The summed E-state index contributed by atoms with van der Waals surface area (Å²) in [7, 11) is 2.87.